The third-order valence-electron chi connectivity index (χ3n) is 3.66. The van der Waals surface area contributed by atoms with E-state index in [1.807, 2.05) is 18.2 Å². The molecule has 0 fully saturated rings. The van der Waals surface area contributed by atoms with E-state index in [0.29, 0.717) is 6.54 Å². The molecule has 0 unspecified atom stereocenters. The van der Waals surface area contributed by atoms with Crippen molar-refractivity contribution in [1.29, 1.82) is 0 Å². The molecule has 0 atom stereocenters. The second-order valence-corrected chi connectivity index (χ2v) is 6.76. The molecule has 1 aromatic heterocycles. The molecule has 6 nitrogen and oxygen atoms in total. The number of benzene rings is 1. The topological polar surface area (TPSA) is 67.1 Å². The van der Waals surface area contributed by atoms with Crippen LogP contribution in [0.4, 0.5) is 0 Å². The highest BCUT2D eigenvalue weighted by molar-refractivity contribution is 14.0. The summed E-state index contributed by atoms with van der Waals surface area (Å²) >= 11 is 9.61. The maximum atomic E-state index is 6.06. The van der Waals surface area contributed by atoms with Crippen LogP contribution in [0.3, 0.4) is 0 Å². The molecule has 0 amide bonds. The Bertz CT molecular complexity index is 706. The lowest BCUT2D eigenvalue weighted by molar-refractivity contribution is 0.632. The molecule has 26 heavy (non-hydrogen) atoms. The van der Waals surface area contributed by atoms with E-state index >= 15 is 0 Å². The molecule has 1 aromatic carbocycles. The Morgan fingerprint density at radius 3 is 2.85 bits per heavy atom. The molecule has 0 bridgehead atoms. The summed E-state index contributed by atoms with van der Waals surface area (Å²) in [5.74, 6) is 1.81. The standard InChI is InChI=1S/C17H24BrClN6.HI/c1-3-16-24-23-12-25(16)10-9-22-17(20-4-2)21-8-7-13-11-14(19)5-6-15(13)18;/h5-6,11-12H,3-4,7-10H2,1-2H3,(H2,20,21,22);1H. The Morgan fingerprint density at radius 1 is 1.31 bits per heavy atom. The summed E-state index contributed by atoms with van der Waals surface area (Å²) in [7, 11) is 0. The van der Waals surface area contributed by atoms with Gasteiger partial charge in [0, 0.05) is 42.1 Å². The largest absolute Gasteiger partial charge is 0.357 e. The van der Waals surface area contributed by atoms with Gasteiger partial charge in [-0.15, -0.1) is 34.2 Å². The SMILES string of the molecule is CCNC(=NCCc1cc(Cl)ccc1Br)NCCn1cnnc1CC.I. The fourth-order valence-corrected chi connectivity index (χ4v) is 3.04. The summed E-state index contributed by atoms with van der Waals surface area (Å²) in [5.41, 5.74) is 1.16. The first-order valence-corrected chi connectivity index (χ1v) is 9.64. The Hall–Kier alpha value is -0.870. The molecule has 2 rings (SSSR count). The van der Waals surface area contributed by atoms with Gasteiger partial charge in [0.05, 0.1) is 0 Å². The van der Waals surface area contributed by atoms with Gasteiger partial charge in [-0.1, -0.05) is 34.5 Å². The van der Waals surface area contributed by atoms with Gasteiger partial charge in [-0.25, -0.2) is 0 Å². The average molecular weight is 556 g/mol. The minimum Gasteiger partial charge on any atom is -0.357 e. The lowest BCUT2D eigenvalue weighted by atomic mass is 10.1. The fourth-order valence-electron chi connectivity index (χ4n) is 2.40. The van der Waals surface area contributed by atoms with Gasteiger partial charge in [0.25, 0.3) is 0 Å². The van der Waals surface area contributed by atoms with E-state index in [2.05, 4.69) is 60.2 Å². The number of aromatic nitrogens is 3. The zero-order valence-electron chi connectivity index (χ0n) is 15.0. The van der Waals surface area contributed by atoms with Crippen molar-refractivity contribution in [1.82, 2.24) is 25.4 Å². The molecule has 0 aliphatic carbocycles. The van der Waals surface area contributed by atoms with Gasteiger partial charge in [-0.3, -0.25) is 4.99 Å². The van der Waals surface area contributed by atoms with Crippen molar-refractivity contribution in [2.45, 2.75) is 33.2 Å². The number of hydrogen-bond donors (Lipinski definition) is 2. The molecule has 0 saturated carbocycles. The number of halogens is 3. The smallest absolute Gasteiger partial charge is 0.191 e. The van der Waals surface area contributed by atoms with Crippen LogP contribution in [-0.4, -0.2) is 40.4 Å². The highest BCUT2D eigenvalue weighted by atomic mass is 127. The van der Waals surface area contributed by atoms with Gasteiger partial charge in [0.2, 0.25) is 0 Å². The van der Waals surface area contributed by atoms with Gasteiger partial charge in [0.1, 0.15) is 12.2 Å². The van der Waals surface area contributed by atoms with Crippen LogP contribution in [0.2, 0.25) is 5.02 Å². The first kappa shape index (κ1) is 23.2. The van der Waals surface area contributed by atoms with Crippen LogP contribution in [0, 0.1) is 0 Å². The Labute approximate surface area is 185 Å². The van der Waals surface area contributed by atoms with Gasteiger partial charge in [-0.05, 0) is 37.1 Å². The van der Waals surface area contributed by atoms with E-state index in [-0.39, 0.29) is 24.0 Å². The Morgan fingerprint density at radius 2 is 2.12 bits per heavy atom. The molecule has 2 aromatic rings. The maximum absolute atomic E-state index is 6.06. The Kier molecular flexibility index (Phi) is 11.1. The van der Waals surface area contributed by atoms with Crippen molar-refractivity contribution < 1.29 is 0 Å². The summed E-state index contributed by atoms with van der Waals surface area (Å²) in [6, 6.07) is 5.81. The molecule has 0 aliphatic rings. The predicted molar refractivity (Wildman–Crippen MR) is 122 cm³/mol. The summed E-state index contributed by atoms with van der Waals surface area (Å²) < 4.78 is 3.12. The average Bonchev–Trinajstić information content (AvgIpc) is 3.05. The quantitative estimate of drug-likeness (QED) is 0.296. The zero-order valence-corrected chi connectivity index (χ0v) is 19.7. The molecule has 2 N–H and O–H groups in total. The van der Waals surface area contributed by atoms with Crippen LogP contribution in [0.1, 0.15) is 25.2 Å². The maximum Gasteiger partial charge on any atom is 0.191 e. The molecular weight excluding hydrogens is 530 g/mol. The summed E-state index contributed by atoms with van der Waals surface area (Å²) in [6.07, 6.45) is 3.47. The molecule has 0 spiro atoms. The third-order valence-corrected chi connectivity index (χ3v) is 4.67. The second-order valence-electron chi connectivity index (χ2n) is 5.47. The van der Waals surface area contributed by atoms with Crippen LogP contribution < -0.4 is 10.6 Å². The highest BCUT2D eigenvalue weighted by Crippen LogP contribution is 2.21. The number of nitrogens with zero attached hydrogens (tertiary/aromatic N) is 4. The summed E-state index contributed by atoms with van der Waals surface area (Å²) in [4.78, 5) is 4.63. The van der Waals surface area contributed by atoms with E-state index < -0.39 is 0 Å². The molecular formula is C17H25BrClIN6. The summed E-state index contributed by atoms with van der Waals surface area (Å²) in [5, 5.41) is 15.4. The van der Waals surface area contributed by atoms with Gasteiger partial charge < -0.3 is 15.2 Å². The molecule has 0 saturated heterocycles. The highest BCUT2D eigenvalue weighted by Gasteiger charge is 2.03. The Balaban J connectivity index is 0.00000338. The second kappa shape index (κ2) is 12.5. The first-order chi connectivity index (χ1) is 12.1. The van der Waals surface area contributed by atoms with Crippen molar-refractivity contribution in [2.75, 3.05) is 19.6 Å². The van der Waals surface area contributed by atoms with E-state index in [1.54, 1.807) is 6.33 Å². The van der Waals surface area contributed by atoms with E-state index in [9.17, 15) is 0 Å². The van der Waals surface area contributed by atoms with Gasteiger partial charge in [0.15, 0.2) is 5.96 Å². The lowest BCUT2D eigenvalue weighted by Gasteiger charge is -2.12. The summed E-state index contributed by atoms with van der Waals surface area (Å²) in [6.45, 7) is 7.20. The number of rotatable bonds is 8. The molecule has 9 heteroatoms. The molecule has 144 valence electrons. The fraction of sp³-hybridized carbons (Fsp3) is 0.471. The van der Waals surface area contributed by atoms with Crippen molar-refractivity contribution in [2.24, 2.45) is 4.99 Å². The van der Waals surface area contributed by atoms with Crippen LogP contribution in [-0.2, 0) is 19.4 Å². The van der Waals surface area contributed by atoms with Crippen LogP contribution >= 0.6 is 51.5 Å². The van der Waals surface area contributed by atoms with E-state index in [0.717, 1.165) is 59.3 Å². The van der Waals surface area contributed by atoms with Gasteiger partial charge >= 0.3 is 0 Å². The number of nitrogens with one attached hydrogen (secondary N) is 2. The number of guanidine groups is 1. The third kappa shape index (κ3) is 7.40. The van der Waals surface area contributed by atoms with Crippen molar-refractivity contribution in [3.05, 3.63) is 45.4 Å². The minimum atomic E-state index is 0. The predicted octanol–water partition coefficient (Wildman–Crippen LogP) is 3.67. The van der Waals surface area contributed by atoms with Crippen molar-refractivity contribution in [3.63, 3.8) is 0 Å². The van der Waals surface area contributed by atoms with Crippen LogP contribution in [0.5, 0.6) is 0 Å². The lowest BCUT2D eigenvalue weighted by Crippen LogP contribution is -2.39. The van der Waals surface area contributed by atoms with Crippen LogP contribution in [0.25, 0.3) is 0 Å². The first-order valence-electron chi connectivity index (χ1n) is 8.46. The number of aliphatic imine (C=N–C) groups is 1. The number of hydrogen-bond acceptors (Lipinski definition) is 3. The zero-order chi connectivity index (χ0) is 18.1. The molecule has 1 heterocycles. The van der Waals surface area contributed by atoms with Crippen LogP contribution in [0.15, 0.2) is 34.0 Å². The minimum absolute atomic E-state index is 0. The monoisotopic (exact) mass is 554 g/mol. The van der Waals surface area contributed by atoms with Gasteiger partial charge in [-0.2, -0.15) is 0 Å². The normalized spacial score (nSPS) is 11.2. The van der Waals surface area contributed by atoms with E-state index in [4.69, 9.17) is 11.6 Å². The van der Waals surface area contributed by atoms with Crippen molar-refractivity contribution in [3.8, 4) is 0 Å². The molecule has 0 aliphatic heterocycles. The molecule has 0 radical (unpaired) electrons. The van der Waals surface area contributed by atoms with E-state index in [1.165, 1.54) is 0 Å². The van der Waals surface area contributed by atoms with Crippen molar-refractivity contribution >= 4 is 57.5 Å². The number of aryl methyl sites for hydroxylation is 1.